The summed E-state index contributed by atoms with van der Waals surface area (Å²) in [5, 5.41) is 0. The lowest BCUT2D eigenvalue weighted by atomic mass is 10.4. The van der Waals surface area contributed by atoms with Crippen LogP contribution >= 0.6 is 0 Å². The summed E-state index contributed by atoms with van der Waals surface area (Å²) < 4.78 is 12.7. The molecule has 7 nitrogen and oxygen atoms in total. The number of anilines is 1. The van der Waals surface area contributed by atoms with Crippen molar-refractivity contribution in [3.05, 3.63) is 0 Å². The molecule has 0 aliphatic carbocycles. The zero-order valence-corrected chi connectivity index (χ0v) is 12.2. The van der Waals surface area contributed by atoms with Crippen molar-refractivity contribution < 1.29 is 9.47 Å². The number of ether oxygens (including phenoxy) is 2. The molecule has 0 radical (unpaired) electrons. The van der Waals surface area contributed by atoms with Gasteiger partial charge in [0.25, 0.3) is 6.01 Å². The van der Waals surface area contributed by atoms with Crippen LogP contribution in [0.1, 0.15) is 33.1 Å². The normalized spacial score (nSPS) is 10.9. The van der Waals surface area contributed by atoms with Gasteiger partial charge in [-0.1, -0.05) is 20.3 Å². The third kappa shape index (κ3) is 2.76. The third-order valence-corrected chi connectivity index (χ3v) is 2.92. The summed E-state index contributed by atoms with van der Waals surface area (Å²) in [4.78, 5) is 12.9. The van der Waals surface area contributed by atoms with Gasteiger partial charge in [0, 0.05) is 6.54 Å². The summed E-state index contributed by atoms with van der Waals surface area (Å²) in [7, 11) is 1.58. The Morgan fingerprint density at radius 1 is 1.15 bits per heavy atom. The molecular weight excluding hydrogens is 258 g/mol. The maximum Gasteiger partial charge on any atom is 0.320 e. The lowest BCUT2D eigenvalue weighted by Crippen LogP contribution is -2.06. The molecule has 2 N–H and O–H groups in total. The SMILES string of the molecule is CCCCOc1nc(N)c2nc(OC)n(CCC)c2n1. The van der Waals surface area contributed by atoms with Crippen LogP contribution < -0.4 is 15.2 Å². The molecule has 2 heterocycles. The zero-order chi connectivity index (χ0) is 14.5. The predicted octanol–water partition coefficient (Wildman–Crippen LogP) is 2.01. The van der Waals surface area contributed by atoms with E-state index in [1.807, 2.05) is 4.57 Å². The lowest BCUT2D eigenvalue weighted by molar-refractivity contribution is 0.286. The van der Waals surface area contributed by atoms with Gasteiger partial charge in [0.1, 0.15) is 0 Å². The van der Waals surface area contributed by atoms with Crippen molar-refractivity contribution in [2.45, 2.75) is 39.7 Å². The van der Waals surface area contributed by atoms with Crippen LogP contribution in [0.3, 0.4) is 0 Å². The molecule has 2 aromatic rings. The molecular formula is C13H21N5O2. The number of aromatic nitrogens is 4. The van der Waals surface area contributed by atoms with E-state index in [0.717, 1.165) is 25.8 Å². The van der Waals surface area contributed by atoms with Crippen LogP contribution in [0.2, 0.25) is 0 Å². The van der Waals surface area contributed by atoms with Gasteiger partial charge < -0.3 is 15.2 Å². The van der Waals surface area contributed by atoms with E-state index in [-0.39, 0.29) is 0 Å². The molecule has 110 valence electrons. The Bertz CT molecular complexity index is 582. The molecule has 0 aromatic carbocycles. The molecule has 7 heteroatoms. The maximum absolute atomic E-state index is 5.93. The van der Waals surface area contributed by atoms with Crippen molar-refractivity contribution in [1.29, 1.82) is 0 Å². The monoisotopic (exact) mass is 279 g/mol. The molecule has 0 fully saturated rings. The molecule has 2 rings (SSSR count). The minimum absolute atomic E-state index is 0.295. The van der Waals surface area contributed by atoms with Gasteiger partial charge in [-0.05, 0) is 12.8 Å². The molecule has 0 saturated carbocycles. The fourth-order valence-corrected chi connectivity index (χ4v) is 1.93. The van der Waals surface area contributed by atoms with Gasteiger partial charge in [0.05, 0.1) is 13.7 Å². The summed E-state index contributed by atoms with van der Waals surface area (Å²) in [6.45, 7) is 5.52. The number of nitrogen functional groups attached to an aromatic ring is 1. The first-order chi connectivity index (χ1) is 9.71. The Morgan fingerprint density at radius 2 is 1.95 bits per heavy atom. The minimum Gasteiger partial charge on any atom is -0.468 e. The number of nitrogens with zero attached hydrogens (tertiary/aromatic N) is 4. The van der Waals surface area contributed by atoms with Crippen molar-refractivity contribution in [2.75, 3.05) is 19.5 Å². The highest BCUT2D eigenvalue weighted by Gasteiger charge is 2.17. The summed E-state index contributed by atoms with van der Waals surface area (Å²) in [6.07, 6.45) is 2.95. The lowest BCUT2D eigenvalue weighted by Gasteiger charge is -2.07. The zero-order valence-electron chi connectivity index (χ0n) is 12.2. The fraction of sp³-hybridized carbons (Fsp3) is 0.615. The largest absolute Gasteiger partial charge is 0.468 e. The molecule has 0 aliphatic heterocycles. The van der Waals surface area contributed by atoms with Crippen LogP contribution in [-0.2, 0) is 6.54 Å². The molecule has 2 aromatic heterocycles. The van der Waals surface area contributed by atoms with Gasteiger partial charge in [0.2, 0.25) is 0 Å². The number of nitrogens with two attached hydrogens (primary N) is 1. The number of unbranched alkanes of at least 4 members (excludes halogenated alkanes) is 1. The molecule has 0 spiro atoms. The van der Waals surface area contributed by atoms with Crippen molar-refractivity contribution in [1.82, 2.24) is 19.5 Å². The first kappa shape index (κ1) is 14.4. The Morgan fingerprint density at radius 3 is 2.60 bits per heavy atom. The highest BCUT2D eigenvalue weighted by molar-refractivity contribution is 5.83. The highest BCUT2D eigenvalue weighted by Crippen LogP contribution is 2.25. The second kappa shape index (κ2) is 6.40. The Kier molecular flexibility index (Phi) is 4.60. The summed E-state index contributed by atoms with van der Waals surface area (Å²) >= 11 is 0. The van der Waals surface area contributed by atoms with E-state index < -0.39 is 0 Å². The van der Waals surface area contributed by atoms with Gasteiger partial charge >= 0.3 is 6.01 Å². The topological polar surface area (TPSA) is 88.1 Å². The molecule has 0 atom stereocenters. The van der Waals surface area contributed by atoms with E-state index in [1.54, 1.807) is 7.11 Å². The van der Waals surface area contributed by atoms with E-state index in [9.17, 15) is 0 Å². The van der Waals surface area contributed by atoms with Gasteiger partial charge in [-0.25, -0.2) is 0 Å². The number of aryl methyl sites for hydroxylation is 1. The molecule has 20 heavy (non-hydrogen) atoms. The van der Waals surface area contributed by atoms with Gasteiger partial charge in [0.15, 0.2) is 17.0 Å². The molecule has 0 amide bonds. The average molecular weight is 279 g/mol. The van der Waals surface area contributed by atoms with Crippen LogP contribution in [0, 0.1) is 0 Å². The van der Waals surface area contributed by atoms with Crippen LogP contribution in [-0.4, -0.2) is 33.2 Å². The van der Waals surface area contributed by atoms with E-state index in [4.69, 9.17) is 15.2 Å². The molecule has 0 unspecified atom stereocenters. The van der Waals surface area contributed by atoms with Crippen molar-refractivity contribution in [2.24, 2.45) is 0 Å². The Balaban J connectivity index is 2.42. The number of rotatable bonds is 7. The van der Waals surface area contributed by atoms with E-state index in [1.165, 1.54) is 0 Å². The maximum atomic E-state index is 5.93. The van der Waals surface area contributed by atoms with Gasteiger partial charge in [-0.2, -0.15) is 15.0 Å². The molecule has 0 aliphatic rings. The van der Waals surface area contributed by atoms with Crippen molar-refractivity contribution in [3.8, 4) is 12.0 Å². The summed E-state index contributed by atoms with van der Waals surface area (Å²) in [5.41, 5.74) is 7.14. The van der Waals surface area contributed by atoms with Gasteiger partial charge in [-0.15, -0.1) is 0 Å². The predicted molar refractivity (Wildman–Crippen MR) is 77.0 cm³/mol. The van der Waals surface area contributed by atoms with Crippen molar-refractivity contribution in [3.63, 3.8) is 0 Å². The van der Waals surface area contributed by atoms with Crippen LogP contribution in [0.4, 0.5) is 5.82 Å². The molecule has 0 saturated heterocycles. The fourth-order valence-electron chi connectivity index (χ4n) is 1.93. The van der Waals surface area contributed by atoms with Crippen LogP contribution in [0.5, 0.6) is 12.0 Å². The van der Waals surface area contributed by atoms with E-state index >= 15 is 0 Å². The highest BCUT2D eigenvalue weighted by atomic mass is 16.5. The third-order valence-electron chi connectivity index (χ3n) is 2.92. The summed E-state index contributed by atoms with van der Waals surface area (Å²) in [6, 6.07) is 0.789. The first-order valence-corrected chi connectivity index (χ1v) is 6.91. The average Bonchev–Trinajstić information content (AvgIpc) is 2.79. The van der Waals surface area contributed by atoms with Crippen LogP contribution in [0.15, 0.2) is 0 Å². The first-order valence-electron chi connectivity index (χ1n) is 6.91. The van der Waals surface area contributed by atoms with Crippen LogP contribution in [0.25, 0.3) is 11.2 Å². The smallest absolute Gasteiger partial charge is 0.320 e. The second-order valence-electron chi connectivity index (χ2n) is 4.52. The Labute approximate surface area is 118 Å². The second-order valence-corrected chi connectivity index (χ2v) is 4.52. The van der Waals surface area contributed by atoms with E-state index in [0.29, 0.717) is 35.6 Å². The van der Waals surface area contributed by atoms with Crippen molar-refractivity contribution >= 4 is 17.0 Å². The minimum atomic E-state index is 0.295. The summed E-state index contributed by atoms with van der Waals surface area (Å²) in [5.74, 6) is 0.314. The quantitative estimate of drug-likeness (QED) is 0.780. The van der Waals surface area contributed by atoms with E-state index in [2.05, 4.69) is 28.8 Å². The number of fused-ring (bicyclic) bond motifs is 1. The molecule has 0 bridgehead atoms. The number of imidazole rings is 1. The van der Waals surface area contributed by atoms with Gasteiger partial charge in [-0.3, -0.25) is 4.57 Å². The number of methoxy groups -OCH3 is 1. The Hall–Kier alpha value is -2.05. The standard InChI is InChI=1S/C13H21N5O2/c1-4-6-8-20-12-16-10(14)9-11(17-12)18(7-5-2)13(15-9)19-3/h4-8H2,1-3H3,(H2,14,16,17). The number of hydrogen-bond donors (Lipinski definition) is 1. The number of hydrogen-bond acceptors (Lipinski definition) is 6.